The zero-order valence-electron chi connectivity index (χ0n) is 16.7. The van der Waals surface area contributed by atoms with Crippen LogP contribution in [-0.2, 0) is 37.5 Å². The summed E-state index contributed by atoms with van der Waals surface area (Å²) in [4.78, 5) is 0. The van der Waals surface area contributed by atoms with E-state index in [-0.39, 0.29) is 0 Å². The quantitative estimate of drug-likeness (QED) is 0.396. The Kier molecular flexibility index (Phi) is 4.38. The zero-order valence-corrected chi connectivity index (χ0v) is 20.3. The summed E-state index contributed by atoms with van der Waals surface area (Å²) in [5.41, 5.74) is 13.0. The molecular weight excluding hydrogens is 467 g/mol. The third-order valence-electron chi connectivity index (χ3n) is 7.43. The third kappa shape index (κ3) is 2.48. The van der Waals surface area contributed by atoms with E-state index < -0.39 is 21.4 Å². The fourth-order valence-electron chi connectivity index (χ4n) is 5.60. The SMILES string of the molecule is C[CH2][Hf]([CH]1C(C)=C(C)C(C)=C1C)[C]1(C)C=Cc2cc3c(cc21)CCC3. The van der Waals surface area contributed by atoms with E-state index in [4.69, 9.17) is 0 Å². The van der Waals surface area contributed by atoms with Gasteiger partial charge in [0, 0.05) is 0 Å². The number of rotatable bonds is 3. The van der Waals surface area contributed by atoms with E-state index in [1.165, 1.54) is 29.0 Å². The minimum atomic E-state index is -2.01. The second-order valence-electron chi connectivity index (χ2n) is 8.53. The molecule has 0 amide bonds. The normalized spacial score (nSPS) is 25.2. The van der Waals surface area contributed by atoms with Crippen LogP contribution in [0.25, 0.3) is 6.08 Å². The second-order valence-corrected chi connectivity index (χ2v) is 20.6. The first-order valence-corrected chi connectivity index (χ1v) is 16.4. The van der Waals surface area contributed by atoms with Crippen LogP contribution in [0.15, 0.2) is 40.5 Å². The van der Waals surface area contributed by atoms with Gasteiger partial charge in [-0.2, -0.15) is 0 Å². The monoisotopic (exact) mass is 499 g/mol. The van der Waals surface area contributed by atoms with Gasteiger partial charge in [-0.1, -0.05) is 0 Å². The Morgan fingerprint density at radius 3 is 2.20 bits per heavy atom. The molecule has 3 aliphatic carbocycles. The van der Waals surface area contributed by atoms with Gasteiger partial charge < -0.3 is 0 Å². The van der Waals surface area contributed by atoms with E-state index in [9.17, 15) is 0 Å². The summed E-state index contributed by atoms with van der Waals surface area (Å²) in [5.74, 6) is 0. The van der Waals surface area contributed by atoms with Crippen molar-refractivity contribution in [1.29, 1.82) is 0 Å². The van der Waals surface area contributed by atoms with Crippen LogP contribution in [0.1, 0.15) is 70.2 Å². The molecule has 0 aliphatic heterocycles. The fourth-order valence-corrected chi connectivity index (χ4v) is 20.3. The van der Waals surface area contributed by atoms with Crippen molar-refractivity contribution in [3.8, 4) is 0 Å². The van der Waals surface area contributed by atoms with Crippen LogP contribution in [0.5, 0.6) is 0 Å². The van der Waals surface area contributed by atoms with Gasteiger partial charge in [0.1, 0.15) is 0 Å². The average molecular weight is 498 g/mol. The summed E-state index contributed by atoms with van der Waals surface area (Å²) in [6, 6.07) is 5.14. The number of benzene rings is 1. The first-order valence-electron chi connectivity index (χ1n) is 9.95. The Morgan fingerprint density at radius 1 is 1.00 bits per heavy atom. The van der Waals surface area contributed by atoms with Crippen molar-refractivity contribution in [3.05, 3.63) is 62.8 Å². The summed E-state index contributed by atoms with van der Waals surface area (Å²) < 4.78 is 2.61. The molecule has 25 heavy (non-hydrogen) atoms. The Balaban J connectivity index is 1.81. The molecule has 0 radical (unpaired) electrons. The number of fused-ring (bicyclic) bond motifs is 2. The molecule has 1 atom stereocenters. The number of aryl methyl sites for hydroxylation is 2. The van der Waals surface area contributed by atoms with Crippen LogP contribution in [0.4, 0.5) is 0 Å². The van der Waals surface area contributed by atoms with Crippen molar-refractivity contribution < 1.29 is 21.4 Å². The van der Waals surface area contributed by atoms with Gasteiger partial charge in [-0.15, -0.1) is 0 Å². The predicted molar refractivity (Wildman–Crippen MR) is 106 cm³/mol. The van der Waals surface area contributed by atoms with Crippen LogP contribution in [0, 0.1) is 0 Å². The van der Waals surface area contributed by atoms with E-state index in [1.807, 2.05) is 0 Å². The summed E-state index contributed by atoms with van der Waals surface area (Å²) >= 11 is -2.01. The first kappa shape index (κ1) is 17.7. The Bertz CT molecular complexity index is 812. The Morgan fingerprint density at radius 2 is 1.60 bits per heavy atom. The molecule has 131 valence electrons. The van der Waals surface area contributed by atoms with Gasteiger partial charge in [-0.25, -0.2) is 0 Å². The van der Waals surface area contributed by atoms with Crippen LogP contribution < -0.4 is 0 Å². The molecule has 0 aromatic heterocycles. The molecular formula is C24H31Hf. The number of hydrogen-bond acceptors (Lipinski definition) is 0. The zero-order chi connectivity index (χ0) is 17.9. The van der Waals surface area contributed by atoms with Crippen LogP contribution >= 0.6 is 0 Å². The molecule has 0 nitrogen and oxygen atoms in total. The van der Waals surface area contributed by atoms with Crippen molar-refractivity contribution in [2.75, 3.05) is 0 Å². The molecule has 0 saturated carbocycles. The first-order chi connectivity index (χ1) is 11.9. The second kappa shape index (κ2) is 6.19. The van der Waals surface area contributed by atoms with Crippen molar-refractivity contribution in [2.24, 2.45) is 0 Å². The van der Waals surface area contributed by atoms with Crippen LogP contribution in [0.3, 0.4) is 0 Å². The van der Waals surface area contributed by atoms with Gasteiger partial charge in [0.15, 0.2) is 0 Å². The summed E-state index contributed by atoms with van der Waals surface area (Å²) in [6.07, 6.45) is 9.01. The van der Waals surface area contributed by atoms with E-state index in [2.05, 4.69) is 65.8 Å². The molecule has 0 saturated heterocycles. The maximum absolute atomic E-state index is 2.62. The fraction of sp³-hybridized carbons (Fsp3) is 0.500. The molecule has 0 fully saturated rings. The van der Waals surface area contributed by atoms with Crippen LogP contribution in [-0.4, -0.2) is 0 Å². The van der Waals surface area contributed by atoms with Crippen molar-refractivity contribution >= 4 is 6.08 Å². The third-order valence-corrected chi connectivity index (χ3v) is 22.1. The van der Waals surface area contributed by atoms with Crippen molar-refractivity contribution in [2.45, 2.75) is 71.8 Å². The maximum atomic E-state index is 2.62. The summed E-state index contributed by atoms with van der Waals surface area (Å²) in [7, 11) is 0. The Hall–Kier alpha value is -0.690. The van der Waals surface area contributed by atoms with E-state index in [0.29, 0.717) is 3.17 Å². The van der Waals surface area contributed by atoms with Crippen molar-refractivity contribution in [3.63, 3.8) is 0 Å². The Labute approximate surface area is 161 Å². The number of hydrogen-bond donors (Lipinski definition) is 0. The van der Waals surface area contributed by atoms with Gasteiger partial charge in [-0.05, 0) is 0 Å². The molecule has 1 aromatic rings. The van der Waals surface area contributed by atoms with Crippen LogP contribution in [0.2, 0.25) is 7.85 Å². The molecule has 0 N–H and O–H groups in total. The van der Waals surface area contributed by atoms with Gasteiger partial charge in [0.05, 0.1) is 0 Å². The molecule has 4 rings (SSSR count). The molecule has 3 aliphatic rings. The van der Waals surface area contributed by atoms with Gasteiger partial charge in [-0.3, -0.25) is 0 Å². The van der Waals surface area contributed by atoms with Gasteiger partial charge in [0.2, 0.25) is 0 Å². The van der Waals surface area contributed by atoms with E-state index in [0.717, 1.165) is 3.67 Å². The molecule has 0 heterocycles. The summed E-state index contributed by atoms with van der Waals surface area (Å²) in [5, 5.41) is 0. The number of allylic oxidation sites excluding steroid dienone is 5. The van der Waals surface area contributed by atoms with Gasteiger partial charge >= 0.3 is 162 Å². The van der Waals surface area contributed by atoms with Gasteiger partial charge in [0.25, 0.3) is 0 Å². The summed E-state index contributed by atoms with van der Waals surface area (Å²) in [6.45, 7) is 14.6. The van der Waals surface area contributed by atoms with E-state index in [1.54, 1.807) is 39.0 Å². The van der Waals surface area contributed by atoms with E-state index >= 15 is 0 Å². The molecule has 1 aromatic carbocycles. The molecule has 0 spiro atoms. The molecule has 1 heteroatoms. The standard InChI is InChI=1S/C13H13.C9H13.C2H5.Hf/c1-9-5-6-12-7-10-3-2-4-11(10)8-13(9)12;1-6-5-7(2)9(4)8(6)3;1-2;/h5-8H,2-4H2,1H3;5H,1-4H3;1H2,2H3;. The average Bonchev–Trinajstić information content (AvgIpc) is 3.24. The minimum absolute atomic E-state index is 0.366. The topological polar surface area (TPSA) is 0 Å². The van der Waals surface area contributed by atoms with Crippen molar-refractivity contribution in [1.82, 2.24) is 0 Å². The predicted octanol–water partition coefficient (Wildman–Crippen LogP) is 6.95. The molecule has 0 bridgehead atoms. The molecule has 1 unspecified atom stereocenters.